The van der Waals surface area contributed by atoms with Gasteiger partial charge in [0.25, 0.3) is 5.24 Å². The van der Waals surface area contributed by atoms with Crippen LogP contribution in [-0.4, -0.2) is 10.5 Å². The van der Waals surface area contributed by atoms with E-state index in [1.54, 1.807) is 12.1 Å². The zero-order chi connectivity index (χ0) is 9.14. The molecule has 0 aliphatic carbocycles. The molecule has 0 unspecified atom stereocenters. The summed E-state index contributed by atoms with van der Waals surface area (Å²) in [6, 6.07) is 6.01. The average Bonchev–Trinajstić information content (AvgIpc) is 2.04. The highest BCUT2D eigenvalue weighted by Crippen LogP contribution is 2.07. The molecule has 0 saturated heterocycles. The summed E-state index contributed by atoms with van der Waals surface area (Å²) < 4.78 is 0. The van der Waals surface area contributed by atoms with Gasteiger partial charge in [0.05, 0.1) is 5.56 Å². The Balaban J connectivity index is 3.12. The first-order valence-corrected chi connectivity index (χ1v) is 3.91. The lowest BCUT2D eigenvalue weighted by Crippen LogP contribution is -1.96. The molecule has 1 aromatic carbocycles. The summed E-state index contributed by atoms with van der Waals surface area (Å²) in [5.41, 5.74) is 0.601. The molecule has 0 spiro atoms. The Morgan fingerprint density at radius 1 is 1.25 bits per heavy atom. The Morgan fingerprint density at radius 2 is 1.83 bits per heavy atom. The highest BCUT2D eigenvalue weighted by Gasteiger charge is 2.11. The monoisotopic (exact) mass is 203 g/mol. The van der Waals surface area contributed by atoms with Crippen molar-refractivity contribution in [1.82, 2.24) is 0 Å². The van der Waals surface area contributed by atoms with Crippen LogP contribution in [0.3, 0.4) is 0 Å². The van der Waals surface area contributed by atoms with E-state index in [1.165, 1.54) is 12.1 Å². The van der Waals surface area contributed by atoms with Crippen molar-refractivity contribution in [2.24, 2.45) is 0 Å². The molecule has 12 heavy (non-hydrogen) atoms. The van der Waals surface area contributed by atoms with Crippen molar-refractivity contribution in [3.63, 3.8) is 0 Å². The Bertz CT molecular complexity index is 304. The molecule has 0 N–H and O–H groups in total. The van der Waals surface area contributed by atoms with Gasteiger partial charge in [0, 0.05) is 5.56 Å². The third-order valence-corrected chi connectivity index (χ3v) is 1.78. The molecule has 0 aliphatic rings. The largest absolute Gasteiger partial charge is 0.430 e. The van der Waals surface area contributed by atoms with E-state index >= 15 is 0 Å². The molecular formula is C8H5Cl2O2+. The highest BCUT2D eigenvalue weighted by atomic mass is 35.5. The molecule has 0 fully saturated rings. The minimum Gasteiger partial charge on any atom is -0.276 e. The highest BCUT2D eigenvalue weighted by molar-refractivity contribution is 6.67. The van der Waals surface area contributed by atoms with Crippen LogP contribution in [0.15, 0.2) is 24.3 Å². The van der Waals surface area contributed by atoms with Crippen molar-refractivity contribution in [2.45, 2.75) is 0 Å². The van der Waals surface area contributed by atoms with Gasteiger partial charge in [-0.1, -0.05) is 12.1 Å². The van der Waals surface area contributed by atoms with E-state index in [1.807, 2.05) is 0 Å². The summed E-state index contributed by atoms with van der Waals surface area (Å²) in [6.07, 6.45) is 0. The van der Waals surface area contributed by atoms with Gasteiger partial charge < -0.3 is 0 Å². The number of carbonyl (C=O) groups excluding carboxylic acids is 2. The molecule has 0 aromatic heterocycles. The second kappa shape index (κ2) is 3.70. The van der Waals surface area contributed by atoms with Crippen LogP contribution in [0.1, 0.15) is 20.7 Å². The van der Waals surface area contributed by atoms with Crippen LogP contribution in [0.25, 0.3) is 0 Å². The van der Waals surface area contributed by atoms with E-state index in [2.05, 4.69) is 11.6 Å². The van der Waals surface area contributed by atoms with E-state index in [0.29, 0.717) is 5.56 Å². The Labute approximate surface area is 79.1 Å². The molecule has 62 valence electrons. The molecular weight excluding hydrogens is 199 g/mol. The smallest absolute Gasteiger partial charge is 0.276 e. The van der Waals surface area contributed by atoms with Crippen molar-refractivity contribution in [1.29, 1.82) is 0 Å². The molecule has 0 amide bonds. The average molecular weight is 204 g/mol. The number of benzene rings is 1. The molecule has 0 heterocycles. The van der Waals surface area contributed by atoms with E-state index in [0.717, 1.165) is 0 Å². The van der Waals surface area contributed by atoms with Crippen molar-refractivity contribution in [3.05, 3.63) is 35.4 Å². The van der Waals surface area contributed by atoms with Crippen LogP contribution < -0.4 is 0 Å². The van der Waals surface area contributed by atoms with Crippen molar-refractivity contribution in [3.8, 4) is 0 Å². The molecule has 0 bridgehead atoms. The summed E-state index contributed by atoms with van der Waals surface area (Å²) in [5, 5.41) is -1.08. The first kappa shape index (κ1) is 9.23. The molecule has 0 radical (unpaired) electrons. The van der Waals surface area contributed by atoms with Gasteiger partial charge >= 0.3 is 5.24 Å². The standard InChI is InChI=1S/C8H5Cl2O2/c9-7(11)5-2-1-3-6(4-5)8(10)12/h1-4,9H/q+1. The predicted octanol–water partition coefficient (Wildman–Crippen LogP) is 1.49. The lowest BCUT2D eigenvalue weighted by atomic mass is 10.1. The quantitative estimate of drug-likeness (QED) is 0.683. The maximum atomic E-state index is 10.7. The summed E-state index contributed by atoms with van der Waals surface area (Å²) >= 11 is 9.59. The van der Waals surface area contributed by atoms with Gasteiger partial charge in [0.2, 0.25) is 0 Å². The van der Waals surface area contributed by atoms with Crippen LogP contribution in [0.4, 0.5) is 0 Å². The van der Waals surface area contributed by atoms with Crippen LogP contribution in [0.5, 0.6) is 0 Å². The maximum Gasteiger partial charge on any atom is 0.430 e. The minimum atomic E-state index is -0.590. The number of hydrogen-bond acceptors (Lipinski definition) is 2. The van der Waals surface area contributed by atoms with Crippen LogP contribution >= 0.6 is 11.6 Å². The van der Waals surface area contributed by atoms with Crippen molar-refractivity contribution >= 4 is 22.1 Å². The summed E-state index contributed by atoms with van der Waals surface area (Å²) in [4.78, 5) is 21.3. The van der Waals surface area contributed by atoms with E-state index in [4.69, 9.17) is 11.6 Å². The lowest BCUT2D eigenvalue weighted by Gasteiger charge is -1.92. The van der Waals surface area contributed by atoms with Crippen molar-refractivity contribution in [2.75, 3.05) is 0 Å². The first-order chi connectivity index (χ1) is 5.61. The van der Waals surface area contributed by atoms with E-state index in [-0.39, 0.29) is 5.56 Å². The lowest BCUT2D eigenvalue weighted by molar-refractivity contribution is -0.255. The second-order valence-electron chi connectivity index (χ2n) is 2.14. The van der Waals surface area contributed by atoms with Gasteiger partial charge in [0.1, 0.15) is 0 Å². The maximum absolute atomic E-state index is 10.7. The number of halogens is 2. The molecule has 0 atom stereocenters. The van der Waals surface area contributed by atoms with Crippen LogP contribution in [0.2, 0.25) is 0 Å². The Kier molecular flexibility index (Phi) is 2.84. The minimum absolute atomic E-state index is 0.285. The van der Waals surface area contributed by atoms with Crippen LogP contribution in [0, 0.1) is 11.6 Å². The molecule has 0 saturated carbocycles. The summed E-state index contributed by atoms with van der Waals surface area (Å²) in [7, 11) is 0. The Morgan fingerprint density at radius 3 is 2.33 bits per heavy atom. The second-order valence-corrected chi connectivity index (χ2v) is 2.86. The number of rotatable bonds is 2. The fraction of sp³-hybridized carbons (Fsp3) is 0. The number of carbonyl (C=O) groups is 2. The van der Waals surface area contributed by atoms with Gasteiger partial charge in [-0.3, -0.25) is 4.79 Å². The SMILES string of the molecule is O=C(Cl)c1cccc(C(=O)[ClH+])c1. The third kappa shape index (κ3) is 2.06. The molecule has 1 rings (SSSR count). The van der Waals surface area contributed by atoms with Crippen molar-refractivity contribution < 1.29 is 21.2 Å². The van der Waals surface area contributed by atoms with Crippen LogP contribution in [-0.2, 0) is 0 Å². The topological polar surface area (TPSA) is 34.1 Å². The van der Waals surface area contributed by atoms with E-state index in [9.17, 15) is 9.59 Å². The fourth-order valence-electron chi connectivity index (χ4n) is 0.768. The molecule has 0 aliphatic heterocycles. The molecule has 2 nitrogen and oxygen atoms in total. The zero-order valence-corrected chi connectivity index (χ0v) is 7.48. The van der Waals surface area contributed by atoms with Gasteiger partial charge in [-0.25, -0.2) is 4.79 Å². The molecule has 4 heteroatoms. The summed E-state index contributed by atoms with van der Waals surface area (Å²) in [6.45, 7) is 0. The van der Waals surface area contributed by atoms with Gasteiger partial charge in [0.15, 0.2) is 11.6 Å². The molecule has 1 aromatic rings. The van der Waals surface area contributed by atoms with Gasteiger partial charge in [-0.15, -0.1) is 0 Å². The number of hydrogen-bond donors (Lipinski definition) is 0. The predicted molar refractivity (Wildman–Crippen MR) is 42.4 cm³/mol. The van der Waals surface area contributed by atoms with Gasteiger partial charge in [-0.2, -0.15) is 0 Å². The zero-order valence-electron chi connectivity index (χ0n) is 5.91. The Hall–Kier alpha value is -0.860. The van der Waals surface area contributed by atoms with E-state index < -0.39 is 10.5 Å². The normalized spacial score (nSPS) is 9.50. The first-order valence-electron chi connectivity index (χ1n) is 3.12. The van der Waals surface area contributed by atoms with Gasteiger partial charge in [-0.05, 0) is 23.7 Å². The third-order valence-electron chi connectivity index (χ3n) is 1.33. The fourth-order valence-corrected chi connectivity index (χ4v) is 1.01. The summed E-state index contributed by atoms with van der Waals surface area (Å²) in [5.74, 6) is 0.